The van der Waals surface area contributed by atoms with Crippen molar-refractivity contribution < 1.29 is 19.7 Å². The van der Waals surface area contributed by atoms with Crippen molar-refractivity contribution in [2.75, 3.05) is 0 Å². The molecule has 4 N–H and O–H groups in total. The van der Waals surface area contributed by atoms with E-state index in [9.17, 15) is 4.79 Å². The van der Waals surface area contributed by atoms with E-state index in [0.29, 0.717) is 0 Å². The number of nitrogens with two attached hydrogens (primary N) is 1. The van der Waals surface area contributed by atoms with Crippen LogP contribution in [0.1, 0.15) is 48.5 Å². The van der Waals surface area contributed by atoms with E-state index >= 15 is 0 Å². The first kappa shape index (κ1) is 18.7. The summed E-state index contributed by atoms with van der Waals surface area (Å²) in [4.78, 5) is 9.86. The minimum absolute atomic E-state index is 0.0156. The largest absolute Gasteiger partial charge is 0.480 e. The Labute approximate surface area is 104 Å². The Kier molecular flexibility index (Phi) is 7.63. The Morgan fingerprint density at radius 1 is 1.12 bits per heavy atom. The van der Waals surface area contributed by atoms with E-state index in [4.69, 9.17) is 20.7 Å². The highest BCUT2D eigenvalue weighted by molar-refractivity contribution is 5.73. The van der Waals surface area contributed by atoms with E-state index in [-0.39, 0.29) is 11.2 Å². The lowest BCUT2D eigenvalue weighted by Gasteiger charge is -2.30. The number of carbonyl (C=O) groups is 1. The summed E-state index contributed by atoms with van der Waals surface area (Å²) in [7, 11) is 0. The molecule has 0 aliphatic rings. The van der Waals surface area contributed by atoms with Crippen LogP contribution >= 0.6 is 0 Å². The zero-order valence-electron chi connectivity index (χ0n) is 11.9. The summed E-state index contributed by atoms with van der Waals surface area (Å²) < 4.78 is 5.62. The summed E-state index contributed by atoms with van der Waals surface area (Å²) in [6.45, 7) is 13.7. The minimum atomic E-state index is -1.18. The molecule has 104 valence electrons. The molecule has 2 unspecified atom stereocenters. The molecule has 0 saturated heterocycles. The van der Waals surface area contributed by atoms with E-state index in [1.54, 1.807) is 0 Å². The number of ether oxygens (including phenoxy) is 1. The maximum absolute atomic E-state index is 9.86. The molecule has 17 heavy (non-hydrogen) atoms. The van der Waals surface area contributed by atoms with E-state index in [0.717, 1.165) is 0 Å². The molecule has 0 aromatic heterocycles. The van der Waals surface area contributed by atoms with E-state index < -0.39 is 18.1 Å². The molecule has 0 aromatic rings. The van der Waals surface area contributed by atoms with Crippen LogP contribution in [0.25, 0.3) is 0 Å². The Balaban J connectivity index is 0. The zero-order valence-corrected chi connectivity index (χ0v) is 11.9. The molecule has 0 bridgehead atoms. The molecule has 5 heteroatoms. The Morgan fingerprint density at radius 3 is 1.41 bits per heavy atom. The van der Waals surface area contributed by atoms with Gasteiger partial charge in [-0.25, -0.2) is 0 Å². The van der Waals surface area contributed by atoms with Crippen molar-refractivity contribution in [1.82, 2.24) is 0 Å². The molecule has 0 saturated carbocycles. The van der Waals surface area contributed by atoms with Crippen LogP contribution in [0.2, 0.25) is 0 Å². The van der Waals surface area contributed by atoms with Gasteiger partial charge in [0, 0.05) is 0 Å². The van der Waals surface area contributed by atoms with Crippen LogP contribution in [0.5, 0.6) is 0 Å². The first-order chi connectivity index (χ1) is 7.26. The summed E-state index contributed by atoms with van der Waals surface area (Å²) >= 11 is 0. The summed E-state index contributed by atoms with van der Waals surface area (Å²) in [6, 6.07) is -1.16. The number of aliphatic carboxylic acids is 1. The second kappa shape index (κ2) is 6.93. The van der Waals surface area contributed by atoms with Crippen LogP contribution in [0.4, 0.5) is 0 Å². The van der Waals surface area contributed by atoms with E-state index in [1.165, 1.54) is 6.92 Å². The van der Waals surface area contributed by atoms with Gasteiger partial charge in [-0.2, -0.15) is 0 Å². The second-order valence-corrected chi connectivity index (χ2v) is 5.93. The summed E-state index contributed by atoms with van der Waals surface area (Å²) in [5.74, 6) is -1.18. The van der Waals surface area contributed by atoms with Crippen molar-refractivity contribution in [2.24, 2.45) is 5.73 Å². The smallest absolute Gasteiger partial charge is 0.323 e. The lowest BCUT2D eigenvalue weighted by atomic mass is 10.1. The summed E-state index contributed by atoms with van der Waals surface area (Å²) in [5, 5.41) is 16.6. The van der Waals surface area contributed by atoms with Gasteiger partial charge in [0.15, 0.2) is 0 Å². The van der Waals surface area contributed by atoms with Crippen LogP contribution < -0.4 is 5.73 Å². The van der Waals surface area contributed by atoms with Crippen LogP contribution in [0.15, 0.2) is 0 Å². The molecule has 0 fully saturated rings. The van der Waals surface area contributed by atoms with Crippen molar-refractivity contribution in [1.29, 1.82) is 0 Å². The predicted octanol–water partition coefficient (Wildman–Crippen LogP) is 1.38. The molecule has 0 aliphatic heterocycles. The van der Waals surface area contributed by atoms with Crippen molar-refractivity contribution in [3.63, 3.8) is 0 Å². The average molecular weight is 249 g/mol. The van der Waals surface area contributed by atoms with Crippen LogP contribution in [0.3, 0.4) is 0 Å². The zero-order chi connectivity index (χ0) is 14.4. The fraction of sp³-hybridized carbons (Fsp3) is 0.917. The molecule has 0 aromatic carbocycles. The maximum atomic E-state index is 9.86. The number of hydrogen-bond acceptors (Lipinski definition) is 4. The molecule has 0 radical (unpaired) electrons. The van der Waals surface area contributed by atoms with Gasteiger partial charge in [-0.05, 0) is 48.5 Å². The fourth-order valence-corrected chi connectivity index (χ4v) is 1.12. The van der Waals surface area contributed by atoms with Gasteiger partial charge in [-0.15, -0.1) is 0 Å². The predicted molar refractivity (Wildman–Crippen MR) is 67.9 cm³/mol. The third-order valence-corrected chi connectivity index (χ3v) is 1.42. The first-order valence-corrected chi connectivity index (χ1v) is 5.63. The molecule has 5 nitrogen and oxygen atoms in total. The lowest BCUT2D eigenvalue weighted by Crippen LogP contribution is -2.39. The summed E-state index contributed by atoms with van der Waals surface area (Å²) in [6.07, 6.45) is -0.979. The van der Waals surface area contributed by atoms with Crippen molar-refractivity contribution in [2.45, 2.75) is 71.8 Å². The molecule has 0 amide bonds. The van der Waals surface area contributed by atoms with Gasteiger partial charge < -0.3 is 20.7 Å². The molecule has 0 heterocycles. The van der Waals surface area contributed by atoms with Gasteiger partial charge in [0.1, 0.15) is 6.04 Å². The highest BCUT2D eigenvalue weighted by atomic mass is 16.5. The van der Waals surface area contributed by atoms with Crippen LogP contribution in [-0.2, 0) is 9.53 Å². The molecule has 0 spiro atoms. The number of hydrogen-bond donors (Lipinski definition) is 3. The van der Waals surface area contributed by atoms with E-state index in [2.05, 4.69) is 41.5 Å². The quantitative estimate of drug-likeness (QED) is 0.687. The third-order valence-electron chi connectivity index (χ3n) is 1.42. The first-order valence-electron chi connectivity index (χ1n) is 5.63. The SMILES string of the molecule is CC(C)(C)OC(C)(C)C.CC(O)C(N)C(=O)O. The lowest BCUT2D eigenvalue weighted by molar-refractivity contribution is -0.140. The molecule has 0 aliphatic carbocycles. The maximum Gasteiger partial charge on any atom is 0.323 e. The number of aliphatic hydroxyl groups is 1. The topological polar surface area (TPSA) is 92.8 Å². The number of aliphatic hydroxyl groups excluding tert-OH is 1. The Morgan fingerprint density at radius 2 is 1.41 bits per heavy atom. The van der Waals surface area contributed by atoms with Gasteiger partial charge in [0.25, 0.3) is 0 Å². The van der Waals surface area contributed by atoms with Crippen molar-refractivity contribution in [3.8, 4) is 0 Å². The Bertz CT molecular complexity index is 214. The van der Waals surface area contributed by atoms with Crippen LogP contribution in [0, 0.1) is 0 Å². The van der Waals surface area contributed by atoms with Gasteiger partial charge in [-0.3, -0.25) is 4.79 Å². The van der Waals surface area contributed by atoms with Gasteiger partial charge in [0.05, 0.1) is 17.3 Å². The van der Waals surface area contributed by atoms with Gasteiger partial charge >= 0.3 is 5.97 Å². The fourth-order valence-electron chi connectivity index (χ4n) is 1.12. The third kappa shape index (κ3) is 15.4. The molecular weight excluding hydrogens is 222 g/mol. The van der Waals surface area contributed by atoms with Crippen LogP contribution in [-0.4, -0.2) is 39.5 Å². The van der Waals surface area contributed by atoms with Crippen molar-refractivity contribution >= 4 is 5.97 Å². The highest BCUT2D eigenvalue weighted by Crippen LogP contribution is 2.17. The minimum Gasteiger partial charge on any atom is -0.480 e. The normalized spacial score (nSPS) is 15.6. The molecule has 0 rings (SSSR count). The number of carboxylic acid groups (broad SMARTS) is 1. The van der Waals surface area contributed by atoms with E-state index in [1.807, 2.05) is 0 Å². The highest BCUT2D eigenvalue weighted by Gasteiger charge is 2.20. The molecule has 2 atom stereocenters. The monoisotopic (exact) mass is 249 g/mol. The second-order valence-electron chi connectivity index (χ2n) is 5.93. The standard InChI is InChI=1S/C8H18O.C4H9NO3/c1-7(2,3)9-8(4,5)6;1-2(6)3(5)4(7)8/h1-6H3;2-3,6H,5H2,1H3,(H,7,8). The van der Waals surface area contributed by atoms with Gasteiger partial charge in [-0.1, -0.05) is 0 Å². The number of carboxylic acids is 1. The summed E-state index contributed by atoms with van der Waals surface area (Å²) in [5.41, 5.74) is 4.88. The van der Waals surface area contributed by atoms with Crippen molar-refractivity contribution in [3.05, 3.63) is 0 Å². The Hall–Kier alpha value is -0.650. The average Bonchev–Trinajstić information content (AvgIpc) is 1.96. The number of rotatable bonds is 2. The van der Waals surface area contributed by atoms with Gasteiger partial charge in [0.2, 0.25) is 0 Å². The molecular formula is C12H27NO4.